The Morgan fingerprint density at radius 1 is 1.77 bits per heavy atom. The maximum atomic E-state index is 10.8. The summed E-state index contributed by atoms with van der Waals surface area (Å²) in [6, 6.07) is 3.74. The molecule has 0 saturated heterocycles. The van der Waals surface area contributed by atoms with E-state index < -0.39 is 12.1 Å². The van der Waals surface area contributed by atoms with Crippen LogP contribution in [0, 0.1) is 0 Å². The fourth-order valence-electron chi connectivity index (χ4n) is 0.871. The van der Waals surface area contributed by atoms with Gasteiger partial charge in [-0.25, -0.2) is 4.79 Å². The number of hydrogen-bond acceptors (Lipinski definition) is 4. The summed E-state index contributed by atoms with van der Waals surface area (Å²) in [6.07, 6.45) is -0.751. The summed E-state index contributed by atoms with van der Waals surface area (Å²) in [4.78, 5) is 11.8. The first-order valence-electron chi connectivity index (χ1n) is 3.63. The number of hydrogen-bond donors (Lipinski definition) is 1. The minimum absolute atomic E-state index is 0.308. The average Bonchev–Trinajstić information content (AvgIpc) is 2.49. The summed E-state index contributed by atoms with van der Waals surface area (Å²) < 4.78 is 5.38. The Hall–Kier alpha value is -0.390. The number of ether oxygens (including phenoxy) is 1. The van der Waals surface area contributed by atoms with Crippen LogP contribution in [0.3, 0.4) is 0 Å². The fraction of sp³-hybridized carbons (Fsp3) is 0.375. The summed E-state index contributed by atoms with van der Waals surface area (Å²) in [5, 5.41) is 9.30. The second-order valence-electron chi connectivity index (χ2n) is 2.45. The van der Waals surface area contributed by atoms with E-state index in [0.29, 0.717) is 6.42 Å². The normalized spacial score (nSPS) is 12.5. The van der Waals surface area contributed by atoms with Gasteiger partial charge in [-0.3, -0.25) is 0 Å². The molecule has 0 aliphatic rings. The Morgan fingerprint density at radius 3 is 2.92 bits per heavy atom. The summed E-state index contributed by atoms with van der Waals surface area (Å²) in [5.41, 5.74) is 0. The van der Waals surface area contributed by atoms with Crippen LogP contribution in [0.15, 0.2) is 15.9 Å². The van der Waals surface area contributed by atoms with E-state index in [1.807, 2.05) is 12.1 Å². The Morgan fingerprint density at radius 2 is 2.46 bits per heavy atom. The van der Waals surface area contributed by atoms with E-state index in [9.17, 15) is 9.90 Å². The molecule has 0 fully saturated rings. The number of carbonyl (C=O) groups is 1. The van der Waals surface area contributed by atoms with Crippen LogP contribution in [-0.2, 0) is 16.0 Å². The lowest BCUT2D eigenvalue weighted by Gasteiger charge is -2.05. The van der Waals surface area contributed by atoms with E-state index in [2.05, 4.69) is 20.7 Å². The first-order valence-corrected chi connectivity index (χ1v) is 5.24. The highest BCUT2D eigenvalue weighted by atomic mass is 79.9. The van der Waals surface area contributed by atoms with Crippen LogP contribution >= 0.6 is 27.3 Å². The molecule has 5 heteroatoms. The molecular weight excluding hydrogens is 256 g/mol. The maximum Gasteiger partial charge on any atom is 0.335 e. The number of halogens is 1. The van der Waals surface area contributed by atoms with Gasteiger partial charge in [0.15, 0.2) is 6.10 Å². The number of methoxy groups -OCH3 is 1. The number of rotatable bonds is 3. The van der Waals surface area contributed by atoms with Gasteiger partial charge >= 0.3 is 5.97 Å². The Kier molecular flexibility index (Phi) is 3.90. The lowest BCUT2D eigenvalue weighted by atomic mass is 10.2. The van der Waals surface area contributed by atoms with Crippen LogP contribution < -0.4 is 0 Å². The number of thiophene rings is 1. The van der Waals surface area contributed by atoms with Crippen molar-refractivity contribution in [1.82, 2.24) is 0 Å². The van der Waals surface area contributed by atoms with Crippen LogP contribution in [0.4, 0.5) is 0 Å². The van der Waals surface area contributed by atoms with Gasteiger partial charge in [-0.2, -0.15) is 0 Å². The van der Waals surface area contributed by atoms with Gasteiger partial charge in [0.05, 0.1) is 10.9 Å². The summed E-state index contributed by atoms with van der Waals surface area (Å²) >= 11 is 4.79. The van der Waals surface area contributed by atoms with Crippen LogP contribution in [0.2, 0.25) is 0 Å². The lowest BCUT2D eigenvalue weighted by molar-refractivity contribution is -0.150. The van der Waals surface area contributed by atoms with E-state index >= 15 is 0 Å². The Bertz CT molecular complexity index is 297. The smallest absolute Gasteiger partial charge is 0.335 e. The molecule has 0 saturated carbocycles. The highest BCUT2D eigenvalue weighted by molar-refractivity contribution is 9.11. The van der Waals surface area contributed by atoms with Crippen LogP contribution in [-0.4, -0.2) is 24.3 Å². The topological polar surface area (TPSA) is 46.5 Å². The summed E-state index contributed by atoms with van der Waals surface area (Å²) in [5.74, 6) is -0.593. The largest absolute Gasteiger partial charge is 0.467 e. The molecule has 3 nitrogen and oxygen atoms in total. The monoisotopic (exact) mass is 264 g/mol. The van der Waals surface area contributed by atoms with Crippen molar-refractivity contribution in [2.24, 2.45) is 0 Å². The predicted octanol–water partition coefficient (Wildman–Crippen LogP) is 1.59. The van der Waals surface area contributed by atoms with Gasteiger partial charge in [-0.05, 0) is 28.1 Å². The molecule has 0 amide bonds. The summed E-state index contributed by atoms with van der Waals surface area (Å²) in [6.45, 7) is 0. The minimum atomic E-state index is -1.06. The van der Waals surface area contributed by atoms with Crippen LogP contribution in [0.5, 0.6) is 0 Å². The quantitative estimate of drug-likeness (QED) is 0.844. The zero-order chi connectivity index (χ0) is 9.84. The Labute approximate surface area is 88.5 Å². The van der Waals surface area contributed by atoms with Gasteiger partial charge in [0.1, 0.15) is 0 Å². The van der Waals surface area contributed by atoms with Crippen molar-refractivity contribution in [2.75, 3.05) is 7.11 Å². The Balaban J connectivity index is 2.54. The zero-order valence-electron chi connectivity index (χ0n) is 6.99. The van der Waals surface area contributed by atoms with Crippen molar-refractivity contribution >= 4 is 33.2 Å². The molecule has 0 bridgehead atoms. The molecule has 0 radical (unpaired) electrons. The van der Waals surface area contributed by atoms with E-state index in [1.54, 1.807) is 0 Å². The lowest BCUT2D eigenvalue weighted by Crippen LogP contribution is -2.23. The van der Waals surface area contributed by atoms with E-state index in [4.69, 9.17) is 0 Å². The number of carbonyl (C=O) groups excluding carboxylic acids is 1. The molecule has 0 spiro atoms. The standard InChI is InChI=1S/C8H9BrO3S/c1-12-8(11)6(10)4-5-2-3-7(9)13-5/h2-3,6,10H,4H2,1H3. The zero-order valence-corrected chi connectivity index (χ0v) is 9.39. The van der Waals surface area contributed by atoms with Gasteiger partial charge in [0.2, 0.25) is 0 Å². The highest BCUT2D eigenvalue weighted by Crippen LogP contribution is 2.23. The second kappa shape index (κ2) is 4.74. The first-order chi connectivity index (χ1) is 6.13. The van der Waals surface area contributed by atoms with Gasteiger partial charge in [-0.15, -0.1) is 11.3 Å². The molecule has 72 valence electrons. The van der Waals surface area contributed by atoms with E-state index in [0.717, 1.165) is 8.66 Å². The molecular formula is C8H9BrO3S. The molecule has 0 aromatic carbocycles. The van der Waals surface area contributed by atoms with Crippen molar-refractivity contribution < 1.29 is 14.6 Å². The van der Waals surface area contributed by atoms with Gasteiger partial charge in [0.25, 0.3) is 0 Å². The average molecular weight is 265 g/mol. The third kappa shape index (κ3) is 3.10. The minimum Gasteiger partial charge on any atom is -0.467 e. The molecule has 1 rings (SSSR count). The highest BCUT2D eigenvalue weighted by Gasteiger charge is 2.16. The molecule has 1 N–H and O–H groups in total. The third-order valence-electron chi connectivity index (χ3n) is 1.50. The summed E-state index contributed by atoms with van der Waals surface area (Å²) in [7, 11) is 1.26. The maximum absolute atomic E-state index is 10.8. The van der Waals surface area contributed by atoms with Crippen LogP contribution in [0.1, 0.15) is 4.88 Å². The SMILES string of the molecule is COC(=O)C(O)Cc1ccc(Br)s1. The van der Waals surface area contributed by atoms with Crippen LogP contribution in [0.25, 0.3) is 0 Å². The molecule has 1 aromatic heterocycles. The molecule has 1 atom stereocenters. The van der Waals surface area contributed by atoms with Crippen molar-refractivity contribution in [3.63, 3.8) is 0 Å². The molecule has 0 aliphatic heterocycles. The van der Waals surface area contributed by atoms with E-state index in [1.165, 1.54) is 18.4 Å². The number of aliphatic hydroxyl groups is 1. The van der Waals surface area contributed by atoms with Gasteiger partial charge < -0.3 is 9.84 Å². The third-order valence-corrected chi connectivity index (χ3v) is 3.14. The first kappa shape index (κ1) is 10.7. The molecule has 13 heavy (non-hydrogen) atoms. The fourth-order valence-corrected chi connectivity index (χ4v) is 2.39. The van der Waals surface area contributed by atoms with Gasteiger partial charge in [0, 0.05) is 11.3 Å². The molecule has 0 aliphatic carbocycles. The number of aliphatic hydroxyl groups excluding tert-OH is 1. The molecule has 1 unspecified atom stereocenters. The number of esters is 1. The van der Waals surface area contributed by atoms with Crippen molar-refractivity contribution in [1.29, 1.82) is 0 Å². The molecule has 1 aromatic rings. The van der Waals surface area contributed by atoms with Gasteiger partial charge in [-0.1, -0.05) is 0 Å². The molecule has 1 heterocycles. The van der Waals surface area contributed by atoms with Crippen molar-refractivity contribution in [3.05, 3.63) is 20.8 Å². The van der Waals surface area contributed by atoms with E-state index in [-0.39, 0.29) is 0 Å². The second-order valence-corrected chi connectivity index (χ2v) is 5.00. The van der Waals surface area contributed by atoms with Crippen molar-refractivity contribution in [2.45, 2.75) is 12.5 Å². The predicted molar refractivity (Wildman–Crippen MR) is 53.7 cm³/mol. The van der Waals surface area contributed by atoms with Crippen molar-refractivity contribution in [3.8, 4) is 0 Å².